The predicted octanol–water partition coefficient (Wildman–Crippen LogP) is 5.19. The molecule has 10 nitrogen and oxygen atoms in total. The number of ether oxygens (including phenoxy) is 2. The molecule has 230 valence electrons. The van der Waals surface area contributed by atoms with Gasteiger partial charge in [-0.05, 0) is 82.0 Å². The monoisotopic (exact) mass is 590 g/mol. The van der Waals surface area contributed by atoms with Gasteiger partial charge < -0.3 is 30.7 Å². The normalized spacial score (nSPS) is 12.1. The van der Waals surface area contributed by atoms with Crippen LogP contribution in [-0.2, 0) is 27.4 Å². The Labute approximate surface area is 252 Å². The van der Waals surface area contributed by atoms with Crippen molar-refractivity contribution in [2.24, 2.45) is 0 Å². The van der Waals surface area contributed by atoms with Crippen LogP contribution in [0.25, 0.3) is 10.8 Å². The van der Waals surface area contributed by atoms with Crippen LogP contribution >= 0.6 is 0 Å². The van der Waals surface area contributed by atoms with Gasteiger partial charge in [-0.15, -0.1) is 0 Å². The molecule has 0 unspecified atom stereocenters. The van der Waals surface area contributed by atoms with E-state index in [4.69, 9.17) is 9.47 Å². The first-order valence-electron chi connectivity index (χ1n) is 14.3. The summed E-state index contributed by atoms with van der Waals surface area (Å²) in [6.45, 7) is 11.2. The average molecular weight is 591 g/mol. The van der Waals surface area contributed by atoms with Crippen LogP contribution in [0.2, 0.25) is 0 Å². The minimum absolute atomic E-state index is 0.108. The van der Waals surface area contributed by atoms with Gasteiger partial charge in [0.2, 0.25) is 5.91 Å². The van der Waals surface area contributed by atoms with Crippen molar-refractivity contribution in [2.75, 3.05) is 6.54 Å². The fourth-order valence-electron chi connectivity index (χ4n) is 4.16. The molecule has 43 heavy (non-hydrogen) atoms. The Morgan fingerprint density at radius 1 is 0.698 bits per heavy atom. The molecule has 0 bridgehead atoms. The number of amides is 4. The van der Waals surface area contributed by atoms with Crippen molar-refractivity contribution in [3.05, 3.63) is 83.4 Å². The van der Waals surface area contributed by atoms with E-state index in [1.54, 1.807) is 65.8 Å². The van der Waals surface area contributed by atoms with Gasteiger partial charge in [0, 0.05) is 25.2 Å². The molecule has 0 radical (unpaired) electrons. The maximum Gasteiger partial charge on any atom is 0.407 e. The SMILES string of the molecule is CC(C)(C)OC(=O)NCC[C@H](NC(=O)c1ccc(CNC(=O)OC(C)(C)C)cc1)C(=O)NCc1cccc2ccccc12. The molecule has 3 aromatic carbocycles. The number of rotatable bonds is 10. The molecule has 0 aliphatic carbocycles. The second kappa shape index (κ2) is 14.5. The van der Waals surface area contributed by atoms with Crippen LogP contribution in [0.1, 0.15) is 69.4 Å². The third kappa shape index (κ3) is 11.3. The highest BCUT2D eigenvalue weighted by molar-refractivity contribution is 5.97. The first kappa shape index (κ1) is 32.9. The van der Waals surface area contributed by atoms with Crippen molar-refractivity contribution >= 4 is 34.8 Å². The Balaban J connectivity index is 1.65. The fraction of sp³-hybridized carbons (Fsp3) is 0.394. The lowest BCUT2D eigenvalue weighted by atomic mass is 10.0. The summed E-state index contributed by atoms with van der Waals surface area (Å²) in [7, 11) is 0. The summed E-state index contributed by atoms with van der Waals surface area (Å²) in [6, 6.07) is 19.5. The molecule has 0 spiro atoms. The molecule has 0 saturated carbocycles. The van der Waals surface area contributed by atoms with Crippen LogP contribution in [0.4, 0.5) is 9.59 Å². The van der Waals surface area contributed by atoms with E-state index in [1.165, 1.54) is 0 Å². The zero-order valence-electron chi connectivity index (χ0n) is 25.7. The van der Waals surface area contributed by atoms with Crippen molar-refractivity contribution in [3.63, 3.8) is 0 Å². The summed E-state index contributed by atoms with van der Waals surface area (Å²) >= 11 is 0. The lowest BCUT2D eigenvalue weighted by Gasteiger charge is -2.21. The van der Waals surface area contributed by atoms with E-state index in [9.17, 15) is 19.2 Å². The van der Waals surface area contributed by atoms with Crippen LogP contribution in [0.3, 0.4) is 0 Å². The Bertz CT molecular complexity index is 1420. The Hall–Kier alpha value is -4.60. The molecule has 3 rings (SSSR count). The van der Waals surface area contributed by atoms with E-state index >= 15 is 0 Å². The third-order valence-corrected chi connectivity index (χ3v) is 6.11. The number of hydrogen-bond acceptors (Lipinski definition) is 6. The molecule has 4 N–H and O–H groups in total. The van der Waals surface area contributed by atoms with Gasteiger partial charge in [0.15, 0.2) is 0 Å². The Morgan fingerprint density at radius 2 is 1.30 bits per heavy atom. The zero-order chi connectivity index (χ0) is 31.6. The van der Waals surface area contributed by atoms with Crippen LogP contribution in [0.15, 0.2) is 66.7 Å². The minimum Gasteiger partial charge on any atom is -0.444 e. The molecule has 0 aliphatic heterocycles. The van der Waals surface area contributed by atoms with Crippen molar-refractivity contribution in [2.45, 2.75) is 78.3 Å². The minimum atomic E-state index is -0.925. The summed E-state index contributed by atoms with van der Waals surface area (Å²) in [4.78, 5) is 50.5. The average Bonchev–Trinajstić information content (AvgIpc) is 2.92. The smallest absolute Gasteiger partial charge is 0.407 e. The molecule has 0 fully saturated rings. The zero-order valence-corrected chi connectivity index (χ0v) is 25.7. The molecule has 0 saturated heterocycles. The van der Waals surface area contributed by atoms with Gasteiger partial charge in [-0.3, -0.25) is 9.59 Å². The van der Waals surface area contributed by atoms with Gasteiger partial charge in [-0.1, -0.05) is 54.6 Å². The highest BCUT2D eigenvalue weighted by atomic mass is 16.6. The van der Waals surface area contributed by atoms with Gasteiger partial charge in [0.25, 0.3) is 5.91 Å². The molecule has 1 atom stereocenters. The van der Waals surface area contributed by atoms with Gasteiger partial charge in [-0.25, -0.2) is 9.59 Å². The lowest BCUT2D eigenvalue weighted by Crippen LogP contribution is -2.48. The van der Waals surface area contributed by atoms with Crippen molar-refractivity contribution in [1.29, 1.82) is 0 Å². The molecular formula is C33H42N4O6. The predicted molar refractivity (Wildman–Crippen MR) is 165 cm³/mol. The molecule has 10 heteroatoms. The standard InChI is InChI=1S/C33H42N4O6/c1-32(2,3)42-30(40)34-19-18-27(29(39)35-21-25-12-9-11-23-10-7-8-13-26(23)25)37-28(38)24-16-14-22(15-17-24)20-36-31(41)43-33(4,5)6/h7-17,27H,18-21H2,1-6H3,(H,34,40)(H,35,39)(H,36,41)(H,37,38)/t27-/m0/s1. The summed E-state index contributed by atoms with van der Waals surface area (Å²) < 4.78 is 10.5. The van der Waals surface area contributed by atoms with E-state index < -0.39 is 35.3 Å². The largest absolute Gasteiger partial charge is 0.444 e. The number of nitrogens with one attached hydrogen (secondary N) is 4. The highest BCUT2D eigenvalue weighted by Gasteiger charge is 2.23. The number of carbonyl (C=O) groups excluding carboxylic acids is 4. The van der Waals surface area contributed by atoms with E-state index in [0.717, 1.165) is 21.9 Å². The van der Waals surface area contributed by atoms with E-state index in [2.05, 4.69) is 21.3 Å². The first-order valence-corrected chi connectivity index (χ1v) is 14.3. The van der Waals surface area contributed by atoms with Crippen molar-refractivity contribution in [1.82, 2.24) is 21.3 Å². The van der Waals surface area contributed by atoms with Gasteiger partial charge in [0.1, 0.15) is 17.2 Å². The lowest BCUT2D eigenvalue weighted by molar-refractivity contribution is -0.123. The third-order valence-electron chi connectivity index (χ3n) is 6.11. The summed E-state index contributed by atoms with van der Waals surface area (Å²) in [5.74, 6) is -0.834. The van der Waals surface area contributed by atoms with Crippen LogP contribution in [0.5, 0.6) is 0 Å². The molecule has 3 aromatic rings. The Kier molecular flexibility index (Phi) is 11.1. The summed E-state index contributed by atoms with van der Waals surface area (Å²) in [5, 5.41) is 13.1. The number of benzene rings is 3. The van der Waals surface area contributed by atoms with E-state index in [-0.39, 0.29) is 32.0 Å². The van der Waals surface area contributed by atoms with E-state index in [0.29, 0.717) is 5.56 Å². The van der Waals surface area contributed by atoms with E-state index in [1.807, 2.05) is 42.5 Å². The summed E-state index contributed by atoms with van der Waals surface area (Å²) in [6.07, 6.45) is -1.000. The van der Waals surface area contributed by atoms with Gasteiger partial charge in [0.05, 0.1) is 0 Å². The van der Waals surface area contributed by atoms with Gasteiger partial charge >= 0.3 is 12.2 Å². The van der Waals surface area contributed by atoms with Crippen LogP contribution in [-0.4, -0.2) is 47.8 Å². The number of fused-ring (bicyclic) bond motifs is 1. The number of hydrogen-bond donors (Lipinski definition) is 4. The molecule has 0 heterocycles. The van der Waals surface area contributed by atoms with Crippen molar-refractivity contribution in [3.8, 4) is 0 Å². The summed E-state index contributed by atoms with van der Waals surface area (Å²) in [5.41, 5.74) is 0.786. The topological polar surface area (TPSA) is 135 Å². The molecule has 0 aromatic heterocycles. The molecule has 4 amide bonds. The number of alkyl carbamates (subject to hydrolysis) is 2. The second-order valence-corrected chi connectivity index (χ2v) is 12.2. The molecular weight excluding hydrogens is 548 g/mol. The van der Waals surface area contributed by atoms with Crippen LogP contribution in [0, 0.1) is 0 Å². The quantitative estimate of drug-likeness (QED) is 0.257. The highest BCUT2D eigenvalue weighted by Crippen LogP contribution is 2.18. The first-order chi connectivity index (χ1) is 20.2. The Morgan fingerprint density at radius 3 is 1.95 bits per heavy atom. The van der Waals surface area contributed by atoms with Crippen LogP contribution < -0.4 is 21.3 Å². The molecule has 0 aliphatic rings. The maximum atomic E-state index is 13.3. The van der Waals surface area contributed by atoms with Crippen molar-refractivity contribution < 1.29 is 28.7 Å². The fourth-order valence-corrected chi connectivity index (χ4v) is 4.16. The maximum absolute atomic E-state index is 13.3. The second-order valence-electron chi connectivity index (χ2n) is 12.2. The van der Waals surface area contributed by atoms with Gasteiger partial charge in [-0.2, -0.15) is 0 Å². The number of carbonyl (C=O) groups is 4.